The fourth-order valence-electron chi connectivity index (χ4n) is 2.21. The third-order valence-corrected chi connectivity index (χ3v) is 3.49. The largest absolute Gasteiger partial charge is 0.342 e. The van der Waals surface area contributed by atoms with Gasteiger partial charge in [0.25, 0.3) is 0 Å². The second-order valence-corrected chi connectivity index (χ2v) is 4.46. The van der Waals surface area contributed by atoms with Gasteiger partial charge in [-0.3, -0.25) is 4.79 Å². The fraction of sp³-hybridized carbons (Fsp3) is 0.833. The SMILES string of the molecule is CCC(C)[C@@H]1CCCN(C(=O)CC#N)C1. The number of carbonyl (C=O) groups is 1. The van der Waals surface area contributed by atoms with Gasteiger partial charge >= 0.3 is 0 Å². The molecular formula is C12H20N2O. The van der Waals surface area contributed by atoms with E-state index >= 15 is 0 Å². The van der Waals surface area contributed by atoms with Crippen LogP contribution < -0.4 is 0 Å². The molecular weight excluding hydrogens is 188 g/mol. The highest BCUT2D eigenvalue weighted by atomic mass is 16.2. The summed E-state index contributed by atoms with van der Waals surface area (Å²) in [7, 11) is 0. The average molecular weight is 208 g/mol. The van der Waals surface area contributed by atoms with E-state index in [4.69, 9.17) is 5.26 Å². The van der Waals surface area contributed by atoms with E-state index in [0.29, 0.717) is 11.8 Å². The molecule has 1 heterocycles. The standard InChI is InChI=1S/C12H20N2O/c1-3-10(2)11-5-4-8-14(9-11)12(15)6-7-13/h10-11H,3-6,8-9H2,1-2H3/t10?,11-/m1/s1. The average Bonchev–Trinajstić information content (AvgIpc) is 2.28. The number of carbonyl (C=O) groups excluding carboxylic acids is 1. The maximum Gasteiger partial charge on any atom is 0.236 e. The van der Waals surface area contributed by atoms with Crippen LogP contribution in [-0.2, 0) is 4.79 Å². The minimum Gasteiger partial charge on any atom is -0.342 e. The minimum atomic E-state index is 0.00510. The van der Waals surface area contributed by atoms with Crippen LogP contribution in [0.25, 0.3) is 0 Å². The molecule has 1 aliphatic rings. The summed E-state index contributed by atoms with van der Waals surface area (Å²) in [4.78, 5) is 13.4. The smallest absolute Gasteiger partial charge is 0.236 e. The molecule has 0 N–H and O–H groups in total. The van der Waals surface area contributed by atoms with Crippen LogP contribution in [0, 0.1) is 23.2 Å². The predicted molar refractivity (Wildman–Crippen MR) is 59.0 cm³/mol. The number of amides is 1. The molecule has 15 heavy (non-hydrogen) atoms. The number of nitrogens with zero attached hydrogens (tertiary/aromatic N) is 2. The summed E-state index contributed by atoms with van der Waals surface area (Å²) in [6, 6.07) is 1.93. The number of rotatable bonds is 3. The molecule has 1 rings (SSSR count). The van der Waals surface area contributed by atoms with Gasteiger partial charge in [0.05, 0.1) is 6.07 Å². The number of likely N-dealkylation sites (tertiary alicyclic amines) is 1. The van der Waals surface area contributed by atoms with Gasteiger partial charge in [0, 0.05) is 13.1 Å². The summed E-state index contributed by atoms with van der Waals surface area (Å²) < 4.78 is 0. The molecule has 2 atom stereocenters. The van der Waals surface area contributed by atoms with E-state index in [-0.39, 0.29) is 12.3 Å². The summed E-state index contributed by atoms with van der Waals surface area (Å²) in [6.07, 6.45) is 3.52. The Bertz CT molecular complexity index is 257. The van der Waals surface area contributed by atoms with Crippen molar-refractivity contribution in [3.8, 4) is 6.07 Å². The van der Waals surface area contributed by atoms with Crippen LogP contribution in [0.15, 0.2) is 0 Å². The lowest BCUT2D eigenvalue weighted by molar-refractivity contribution is -0.132. The molecule has 0 aromatic heterocycles. The van der Waals surface area contributed by atoms with E-state index in [1.165, 1.54) is 12.8 Å². The van der Waals surface area contributed by atoms with Gasteiger partial charge in [-0.2, -0.15) is 5.26 Å². The molecule has 1 aliphatic heterocycles. The maximum atomic E-state index is 11.6. The number of piperidine rings is 1. The third kappa shape index (κ3) is 3.23. The summed E-state index contributed by atoms with van der Waals surface area (Å²) >= 11 is 0. The molecule has 84 valence electrons. The molecule has 0 spiro atoms. The molecule has 0 bridgehead atoms. The Morgan fingerprint density at radius 3 is 3.00 bits per heavy atom. The molecule has 1 fully saturated rings. The molecule has 0 saturated carbocycles. The normalized spacial score (nSPS) is 23.3. The number of hydrogen-bond donors (Lipinski definition) is 0. The van der Waals surface area contributed by atoms with E-state index in [0.717, 1.165) is 19.5 Å². The van der Waals surface area contributed by atoms with Gasteiger partial charge in [-0.05, 0) is 24.7 Å². The Hall–Kier alpha value is -1.04. The molecule has 0 radical (unpaired) electrons. The van der Waals surface area contributed by atoms with Crippen molar-refractivity contribution in [2.45, 2.75) is 39.5 Å². The lowest BCUT2D eigenvalue weighted by atomic mass is 9.85. The molecule has 1 amide bonds. The topological polar surface area (TPSA) is 44.1 Å². The van der Waals surface area contributed by atoms with Gasteiger partial charge in [-0.25, -0.2) is 0 Å². The third-order valence-electron chi connectivity index (χ3n) is 3.49. The van der Waals surface area contributed by atoms with Crippen molar-refractivity contribution in [2.75, 3.05) is 13.1 Å². The molecule has 0 aromatic rings. The maximum absolute atomic E-state index is 11.6. The quantitative estimate of drug-likeness (QED) is 0.713. The fourth-order valence-corrected chi connectivity index (χ4v) is 2.21. The van der Waals surface area contributed by atoms with Gasteiger partial charge in [-0.1, -0.05) is 20.3 Å². The Balaban J connectivity index is 2.49. The second-order valence-electron chi connectivity index (χ2n) is 4.46. The highest BCUT2D eigenvalue weighted by molar-refractivity contribution is 5.78. The highest BCUT2D eigenvalue weighted by Gasteiger charge is 2.26. The first-order valence-corrected chi connectivity index (χ1v) is 5.83. The summed E-state index contributed by atoms with van der Waals surface area (Å²) in [5, 5.41) is 8.49. The zero-order valence-corrected chi connectivity index (χ0v) is 9.70. The van der Waals surface area contributed by atoms with E-state index < -0.39 is 0 Å². The van der Waals surface area contributed by atoms with E-state index in [2.05, 4.69) is 13.8 Å². The van der Waals surface area contributed by atoms with Crippen LogP contribution in [0.5, 0.6) is 0 Å². The van der Waals surface area contributed by atoms with E-state index in [1.54, 1.807) is 0 Å². The van der Waals surface area contributed by atoms with Crippen LogP contribution in [0.4, 0.5) is 0 Å². The molecule has 3 nitrogen and oxygen atoms in total. The van der Waals surface area contributed by atoms with Crippen LogP contribution in [0.3, 0.4) is 0 Å². The lowest BCUT2D eigenvalue weighted by Crippen LogP contribution is -2.41. The molecule has 0 aliphatic carbocycles. The van der Waals surface area contributed by atoms with Crippen molar-refractivity contribution in [3.05, 3.63) is 0 Å². The second kappa shape index (κ2) is 5.75. The van der Waals surface area contributed by atoms with Crippen molar-refractivity contribution in [3.63, 3.8) is 0 Å². The zero-order chi connectivity index (χ0) is 11.3. The van der Waals surface area contributed by atoms with Gasteiger partial charge in [0.15, 0.2) is 0 Å². The molecule has 1 saturated heterocycles. The van der Waals surface area contributed by atoms with Crippen LogP contribution in [0.1, 0.15) is 39.5 Å². The van der Waals surface area contributed by atoms with Crippen LogP contribution in [0.2, 0.25) is 0 Å². The molecule has 3 heteroatoms. The van der Waals surface area contributed by atoms with E-state index in [1.807, 2.05) is 11.0 Å². The van der Waals surface area contributed by atoms with Gasteiger partial charge in [-0.15, -0.1) is 0 Å². The van der Waals surface area contributed by atoms with Gasteiger partial charge in [0.2, 0.25) is 5.91 Å². The van der Waals surface area contributed by atoms with Crippen LogP contribution >= 0.6 is 0 Å². The predicted octanol–water partition coefficient (Wildman–Crippen LogP) is 2.18. The summed E-state index contributed by atoms with van der Waals surface area (Å²) in [6.45, 7) is 6.15. The first-order valence-electron chi connectivity index (χ1n) is 5.83. The minimum absolute atomic E-state index is 0.00510. The monoisotopic (exact) mass is 208 g/mol. The van der Waals surface area contributed by atoms with Gasteiger partial charge < -0.3 is 4.90 Å². The lowest BCUT2D eigenvalue weighted by Gasteiger charge is -2.35. The highest BCUT2D eigenvalue weighted by Crippen LogP contribution is 2.25. The Morgan fingerprint density at radius 2 is 2.40 bits per heavy atom. The number of hydrogen-bond acceptors (Lipinski definition) is 2. The summed E-state index contributed by atoms with van der Waals surface area (Å²) in [5.74, 6) is 1.32. The van der Waals surface area contributed by atoms with Crippen molar-refractivity contribution < 1.29 is 4.79 Å². The van der Waals surface area contributed by atoms with Crippen molar-refractivity contribution in [1.82, 2.24) is 4.90 Å². The Morgan fingerprint density at radius 1 is 1.67 bits per heavy atom. The zero-order valence-electron chi connectivity index (χ0n) is 9.70. The Kier molecular flexibility index (Phi) is 4.61. The van der Waals surface area contributed by atoms with Crippen molar-refractivity contribution in [1.29, 1.82) is 5.26 Å². The van der Waals surface area contributed by atoms with Crippen LogP contribution in [-0.4, -0.2) is 23.9 Å². The summed E-state index contributed by atoms with van der Waals surface area (Å²) in [5.41, 5.74) is 0. The van der Waals surface area contributed by atoms with Crippen molar-refractivity contribution in [2.24, 2.45) is 11.8 Å². The molecule has 1 unspecified atom stereocenters. The molecule has 0 aromatic carbocycles. The Labute approximate surface area is 92.1 Å². The number of nitriles is 1. The van der Waals surface area contributed by atoms with Crippen molar-refractivity contribution >= 4 is 5.91 Å². The van der Waals surface area contributed by atoms with Gasteiger partial charge in [0.1, 0.15) is 6.42 Å². The first-order chi connectivity index (χ1) is 7.19. The van der Waals surface area contributed by atoms with E-state index in [9.17, 15) is 4.79 Å². The first kappa shape index (κ1) is 12.0.